The molecule has 0 unspecified atom stereocenters. The number of nitrogens with zero attached hydrogens (tertiary/aromatic N) is 1. The Balaban J connectivity index is 1.43. The van der Waals surface area contributed by atoms with E-state index < -0.39 is 0 Å². The fourth-order valence-corrected chi connectivity index (χ4v) is 3.76. The van der Waals surface area contributed by atoms with E-state index in [4.69, 9.17) is 25.5 Å². The largest absolute Gasteiger partial charge is 0.454 e. The lowest BCUT2D eigenvalue weighted by molar-refractivity contribution is 0.102. The highest BCUT2D eigenvalue weighted by Crippen LogP contribution is 2.34. The maximum absolute atomic E-state index is 12.8. The van der Waals surface area contributed by atoms with Crippen LogP contribution in [-0.2, 0) is 0 Å². The molecule has 162 valence electrons. The number of hydrogen-bond acceptors (Lipinski definition) is 5. The zero-order valence-electron chi connectivity index (χ0n) is 17.6. The molecule has 0 saturated carbocycles. The number of nitrogens with one attached hydrogen (secondary N) is 1. The minimum absolute atomic E-state index is 0.150. The summed E-state index contributed by atoms with van der Waals surface area (Å²) < 4.78 is 16.6. The Morgan fingerprint density at radius 1 is 1.09 bits per heavy atom. The Labute approximate surface area is 190 Å². The van der Waals surface area contributed by atoms with Gasteiger partial charge in [-0.3, -0.25) is 4.79 Å². The van der Waals surface area contributed by atoms with Gasteiger partial charge in [0.05, 0.1) is 10.7 Å². The van der Waals surface area contributed by atoms with Gasteiger partial charge in [0.15, 0.2) is 17.1 Å². The van der Waals surface area contributed by atoms with Crippen LogP contribution in [0.5, 0.6) is 11.5 Å². The average molecular weight is 449 g/mol. The molecule has 1 N–H and O–H groups in total. The van der Waals surface area contributed by atoms with E-state index in [1.807, 2.05) is 12.1 Å². The highest BCUT2D eigenvalue weighted by molar-refractivity contribution is 6.34. The summed E-state index contributed by atoms with van der Waals surface area (Å²) in [6, 6.07) is 16.4. The number of halogens is 1. The Hall–Kier alpha value is -3.51. The van der Waals surface area contributed by atoms with Crippen molar-refractivity contribution in [2.45, 2.75) is 26.2 Å². The van der Waals surface area contributed by atoms with Crippen molar-refractivity contribution in [2.24, 2.45) is 0 Å². The van der Waals surface area contributed by atoms with Gasteiger partial charge in [0.2, 0.25) is 12.7 Å². The third-order valence-electron chi connectivity index (χ3n) is 5.69. The van der Waals surface area contributed by atoms with Crippen LogP contribution in [0.1, 0.15) is 42.1 Å². The van der Waals surface area contributed by atoms with Crippen LogP contribution in [0.15, 0.2) is 59.0 Å². The second kappa shape index (κ2) is 8.20. The molecule has 1 aromatic heterocycles. The Kier molecular flexibility index (Phi) is 5.23. The summed E-state index contributed by atoms with van der Waals surface area (Å²) in [6.45, 7) is 4.50. The highest BCUT2D eigenvalue weighted by atomic mass is 35.5. The van der Waals surface area contributed by atoms with E-state index >= 15 is 0 Å². The number of carbonyl (C=O) groups excluding carboxylic acids is 1. The third-order valence-corrected chi connectivity index (χ3v) is 6.02. The first kappa shape index (κ1) is 20.4. The van der Waals surface area contributed by atoms with E-state index in [9.17, 15) is 4.79 Å². The molecule has 2 heterocycles. The molecule has 0 aliphatic carbocycles. The van der Waals surface area contributed by atoms with Crippen LogP contribution < -0.4 is 14.8 Å². The van der Waals surface area contributed by atoms with Crippen molar-refractivity contribution in [2.75, 3.05) is 12.1 Å². The lowest BCUT2D eigenvalue weighted by Gasteiger charge is -2.09. The molecular weight excluding hydrogens is 428 g/mol. The van der Waals surface area contributed by atoms with Crippen LogP contribution in [0.25, 0.3) is 22.6 Å². The molecule has 1 atom stereocenters. The SMILES string of the molecule is CC[C@H](C)c1ccc2oc(-c3ccc(Cl)c(NC(=O)c4ccc5c(c4)OCO5)c3)nc2c1. The van der Waals surface area contributed by atoms with E-state index in [1.54, 1.807) is 30.3 Å². The predicted molar refractivity (Wildman–Crippen MR) is 124 cm³/mol. The fraction of sp³-hybridized carbons (Fsp3) is 0.200. The van der Waals surface area contributed by atoms with Crippen LogP contribution in [-0.4, -0.2) is 17.7 Å². The van der Waals surface area contributed by atoms with Gasteiger partial charge in [-0.25, -0.2) is 4.98 Å². The minimum Gasteiger partial charge on any atom is -0.454 e. The summed E-state index contributed by atoms with van der Waals surface area (Å²) in [5, 5.41) is 3.27. The number of rotatable bonds is 5. The van der Waals surface area contributed by atoms with Crippen molar-refractivity contribution >= 4 is 34.3 Å². The van der Waals surface area contributed by atoms with Gasteiger partial charge in [0.25, 0.3) is 5.91 Å². The Bertz CT molecular complexity index is 1330. The molecule has 7 heteroatoms. The monoisotopic (exact) mass is 448 g/mol. The Morgan fingerprint density at radius 3 is 2.78 bits per heavy atom. The quantitative estimate of drug-likeness (QED) is 0.370. The summed E-state index contributed by atoms with van der Waals surface area (Å²) >= 11 is 6.35. The first-order valence-corrected chi connectivity index (χ1v) is 10.8. The fourth-order valence-electron chi connectivity index (χ4n) is 3.60. The van der Waals surface area contributed by atoms with Gasteiger partial charge >= 0.3 is 0 Å². The summed E-state index contributed by atoms with van der Waals surface area (Å²) in [5.41, 5.74) is 4.38. The summed E-state index contributed by atoms with van der Waals surface area (Å²) in [7, 11) is 0. The van der Waals surface area contributed by atoms with Crippen LogP contribution in [0.2, 0.25) is 5.02 Å². The van der Waals surface area contributed by atoms with Gasteiger partial charge in [-0.2, -0.15) is 0 Å². The molecular formula is C25H21ClN2O4. The van der Waals surface area contributed by atoms with Gasteiger partial charge in [0.1, 0.15) is 5.52 Å². The zero-order chi connectivity index (χ0) is 22.2. The maximum atomic E-state index is 12.8. The second-order valence-electron chi connectivity index (χ2n) is 7.77. The van der Waals surface area contributed by atoms with E-state index in [2.05, 4.69) is 36.3 Å². The van der Waals surface area contributed by atoms with Crippen molar-refractivity contribution in [3.63, 3.8) is 0 Å². The number of hydrogen-bond donors (Lipinski definition) is 1. The number of aromatic nitrogens is 1. The summed E-state index contributed by atoms with van der Waals surface area (Å²) in [4.78, 5) is 17.4. The van der Waals surface area contributed by atoms with Crippen molar-refractivity contribution in [3.05, 3.63) is 70.7 Å². The number of amides is 1. The van der Waals surface area contributed by atoms with Crippen LogP contribution in [0.4, 0.5) is 5.69 Å². The second-order valence-corrected chi connectivity index (χ2v) is 8.18. The smallest absolute Gasteiger partial charge is 0.255 e. The van der Waals surface area contributed by atoms with Crippen molar-refractivity contribution in [1.82, 2.24) is 4.98 Å². The lowest BCUT2D eigenvalue weighted by Crippen LogP contribution is -2.12. The van der Waals surface area contributed by atoms with Crippen molar-refractivity contribution < 1.29 is 18.7 Å². The zero-order valence-corrected chi connectivity index (χ0v) is 18.4. The number of oxazole rings is 1. The number of anilines is 1. The molecule has 0 spiro atoms. The van der Waals surface area contributed by atoms with Crippen LogP contribution in [0.3, 0.4) is 0 Å². The third kappa shape index (κ3) is 3.78. The number of ether oxygens (including phenoxy) is 2. The molecule has 0 fully saturated rings. The van der Waals surface area contributed by atoms with E-state index in [0.29, 0.717) is 45.2 Å². The topological polar surface area (TPSA) is 73.6 Å². The van der Waals surface area contributed by atoms with E-state index in [1.165, 1.54) is 5.56 Å². The first-order valence-electron chi connectivity index (χ1n) is 10.4. The van der Waals surface area contributed by atoms with Gasteiger partial charge in [0, 0.05) is 11.1 Å². The molecule has 1 aliphatic heterocycles. The average Bonchev–Trinajstić information content (AvgIpc) is 3.45. The summed E-state index contributed by atoms with van der Waals surface area (Å²) in [6.07, 6.45) is 1.06. The molecule has 4 aromatic rings. The Morgan fingerprint density at radius 2 is 1.94 bits per heavy atom. The van der Waals surface area contributed by atoms with Crippen LogP contribution >= 0.6 is 11.6 Å². The molecule has 1 amide bonds. The number of carbonyl (C=O) groups is 1. The van der Waals surface area contributed by atoms with Gasteiger partial charge in [-0.05, 0) is 66.4 Å². The number of benzene rings is 3. The van der Waals surface area contributed by atoms with Gasteiger partial charge < -0.3 is 19.2 Å². The lowest BCUT2D eigenvalue weighted by atomic mass is 9.98. The summed E-state index contributed by atoms with van der Waals surface area (Å²) in [5.74, 6) is 1.78. The molecule has 1 aliphatic rings. The molecule has 0 saturated heterocycles. The van der Waals surface area contributed by atoms with Gasteiger partial charge in [-0.1, -0.05) is 31.5 Å². The van der Waals surface area contributed by atoms with Crippen LogP contribution in [0, 0.1) is 0 Å². The molecule has 6 nitrogen and oxygen atoms in total. The first-order chi connectivity index (χ1) is 15.5. The predicted octanol–water partition coefficient (Wildman–Crippen LogP) is 6.64. The molecule has 5 rings (SSSR count). The van der Waals surface area contributed by atoms with E-state index in [-0.39, 0.29) is 12.7 Å². The normalized spacial score (nSPS) is 13.3. The van der Waals surface area contributed by atoms with Gasteiger partial charge in [-0.15, -0.1) is 0 Å². The number of fused-ring (bicyclic) bond motifs is 2. The molecule has 3 aromatic carbocycles. The molecule has 0 radical (unpaired) electrons. The minimum atomic E-state index is -0.307. The van der Waals surface area contributed by atoms with Crippen molar-refractivity contribution in [1.29, 1.82) is 0 Å². The van der Waals surface area contributed by atoms with E-state index in [0.717, 1.165) is 17.5 Å². The van der Waals surface area contributed by atoms with Crippen molar-refractivity contribution in [3.8, 4) is 23.0 Å². The molecule has 32 heavy (non-hydrogen) atoms. The molecule has 0 bridgehead atoms. The standard InChI is InChI=1S/C25H21ClN2O4/c1-3-14(2)15-5-8-21-20(10-15)28-25(32-21)17-4-7-18(26)19(11-17)27-24(29)16-6-9-22-23(12-16)31-13-30-22/h4-12,14H,3,13H2,1-2H3,(H,27,29)/t14-/m0/s1. The highest BCUT2D eigenvalue weighted by Gasteiger charge is 2.18. The maximum Gasteiger partial charge on any atom is 0.255 e.